The van der Waals surface area contributed by atoms with E-state index in [2.05, 4.69) is 11.8 Å². The lowest BCUT2D eigenvalue weighted by molar-refractivity contribution is -0.172. The summed E-state index contributed by atoms with van der Waals surface area (Å²) < 4.78 is 26.1. The first-order valence-electron chi connectivity index (χ1n) is 33.7. The molecule has 24 nitrogen and oxygen atoms in total. The summed E-state index contributed by atoms with van der Waals surface area (Å²) in [6.45, 7) is 11.8. The van der Waals surface area contributed by atoms with Crippen LogP contribution in [0.5, 0.6) is 5.75 Å². The lowest BCUT2D eigenvalue weighted by Crippen LogP contribution is -2.48. The number of pyridine rings is 6. The molecule has 0 spiro atoms. The molecule has 98 heavy (non-hydrogen) atoms. The van der Waals surface area contributed by atoms with E-state index in [1.807, 2.05) is 65.6 Å². The van der Waals surface area contributed by atoms with Gasteiger partial charge in [-0.05, 0) is 136 Å². The number of benzene rings is 3. The third-order valence-electron chi connectivity index (χ3n) is 21.5. The summed E-state index contributed by atoms with van der Waals surface area (Å²) in [4.78, 5) is 109. The van der Waals surface area contributed by atoms with E-state index in [0.29, 0.717) is 131 Å². The second-order valence-corrected chi connectivity index (χ2v) is 26.5. The van der Waals surface area contributed by atoms with Crippen molar-refractivity contribution in [2.45, 2.75) is 154 Å². The number of likely N-dealkylation sites (tertiary alicyclic amines) is 2. The highest BCUT2D eigenvalue weighted by Crippen LogP contribution is 2.44. The van der Waals surface area contributed by atoms with Crippen LogP contribution in [0, 0.1) is 0 Å². The molecule has 0 radical (unpaired) electrons. The molecule has 3 aromatic carbocycles. The van der Waals surface area contributed by atoms with Gasteiger partial charge < -0.3 is 69.2 Å². The summed E-state index contributed by atoms with van der Waals surface area (Å²) in [5, 5.41) is 35.6. The van der Waals surface area contributed by atoms with Crippen molar-refractivity contribution in [3.05, 3.63) is 177 Å². The number of hydrogen-bond acceptors (Lipinski definition) is 20. The SMILES string of the molecule is CC[C@@]1(O)C(=O)OCc2c1cc1n(c2=O)Cc2c-1nc1ccccc1c2CN.CC[C@@]1(O)C(=O)OCc2c1cc1n(c2=O)Cc2cc3c(N)cccc3nc2-1.CCc1c2c(nc3ccc(OC(=O)N4CCC(N5CCCCC5)CC4)cc13)-c1cc3c(c(=O)n1C2)COC(=O)[C@]3(O)CC. The van der Waals surface area contributed by atoms with E-state index in [1.165, 1.54) is 32.4 Å². The number of nitrogens with zero attached hydrogens (tertiary/aromatic N) is 8. The Balaban J connectivity index is 0.000000125. The highest BCUT2D eigenvalue weighted by Gasteiger charge is 2.49. The van der Waals surface area contributed by atoms with Crippen LogP contribution in [0.1, 0.15) is 140 Å². The number of aromatic nitrogens is 6. The zero-order valence-electron chi connectivity index (χ0n) is 54.9. The van der Waals surface area contributed by atoms with E-state index in [-0.39, 0.29) is 61.9 Å². The Hall–Kier alpha value is -9.98. The van der Waals surface area contributed by atoms with Crippen molar-refractivity contribution in [3.63, 3.8) is 0 Å². The Kier molecular flexibility index (Phi) is 15.8. The Morgan fingerprint density at radius 1 is 0.541 bits per heavy atom. The van der Waals surface area contributed by atoms with Gasteiger partial charge in [0.05, 0.1) is 87.0 Å². The molecule has 0 saturated carbocycles. The van der Waals surface area contributed by atoms with Crippen LogP contribution in [0.3, 0.4) is 0 Å². The molecule has 14 heterocycles. The fourth-order valence-corrected chi connectivity index (χ4v) is 15.8. The largest absolute Gasteiger partial charge is 0.458 e. The van der Waals surface area contributed by atoms with Gasteiger partial charge in [0.1, 0.15) is 25.6 Å². The highest BCUT2D eigenvalue weighted by molar-refractivity contribution is 5.95. The number of nitrogens with two attached hydrogens (primary N) is 2. The third kappa shape index (κ3) is 9.95. The molecular formula is C74H74N10O14. The number of carbonyl (C=O) groups excluding carboxylic acids is 4. The summed E-state index contributed by atoms with van der Waals surface area (Å²) in [7, 11) is 0. The number of nitrogen functional groups attached to an aromatic ring is 1. The zero-order chi connectivity index (χ0) is 68.4. The topological polar surface area (TPSA) is 329 Å². The smallest absolute Gasteiger partial charge is 0.415 e. The van der Waals surface area contributed by atoms with E-state index in [4.69, 9.17) is 45.4 Å². The van der Waals surface area contributed by atoms with Gasteiger partial charge in [0.2, 0.25) is 0 Å². The van der Waals surface area contributed by atoms with E-state index in [0.717, 1.165) is 73.4 Å². The van der Waals surface area contributed by atoms with Gasteiger partial charge in [0, 0.05) is 80.9 Å². The molecule has 24 heteroatoms. The maximum absolute atomic E-state index is 13.6. The highest BCUT2D eigenvalue weighted by atomic mass is 16.6. The van der Waals surface area contributed by atoms with Crippen molar-refractivity contribution in [2.75, 3.05) is 31.9 Å². The lowest BCUT2D eigenvalue weighted by Gasteiger charge is -2.39. The number of carbonyl (C=O) groups is 4. The van der Waals surface area contributed by atoms with Crippen LogP contribution in [-0.2, 0) is 97.8 Å². The quantitative estimate of drug-likeness (QED) is 0.0594. The number of rotatable bonds is 7. The number of cyclic esters (lactones) is 3. The first kappa shape index (κ1) is 64.0. The van der Waals surface area contributed by atoms with Crippen molar-refractivity contribution in [1.29, 1.82) is 0 Å². The molecule has 2 fully saturated rings. The molecule has 2 saturated heterocycles. The zero-order valence-corrected chi connectivity index (χ0v) is 54.9. The molecule has 7 N–H and O–H groups in total. The van der Waals surface area contributed by atoms with Gasteiger partial charge in [-0.25, -0.2) is 34.1 Å². The predicted molar refractivity (Wildman–Crippen MR) is 361 cm³/mol. The first-order chi connectivity index (χ1) is 47.2. The minimum absolute atomic E-state index is 0.0951. The summed E-state index contributed by atoms with van der Waals surface area (Å²) in [6, 6.07) is 26.4. The van der Waals surface area contributed by atoms with Crippen LogP contribution in [0.2, 0.25) is 0 Å². The van der Waals surface area contributed by atoms with Crippen molar-refractivity contribution in [3.8, 4) is 39.9 Å². The number of fused-ring (bicyclic) bond motifs is 15. The van der Waals surface area contributed by atoms with Gasteiger partial charge in [-0.15, -0.1) is 0 Å². The first-order valence-corrected chi connectivity index (χ1v) is 33.7. The number of hydrogen-bond donors (Lipinski definition) is 5. The lowest BCUT2D eigenvalue weighted by atomic mass is 9.86. The fraction of sp³-hybridized carbons (Fsp3) is 0.378. The van der Waals surface area contributed by atoms with Crippen LogP contribution in [-0.4, -0.2) is 110 Å². The number of aryl methyl sites for hydroxylation is 1. The average Bonchev–Trinajstić information content (AvgIpc) is 1.51. The second-order valence-electron chi connectivity index (χ2n) is 26.5. The molecule has 17 rings (SSSR count). The van der Waals surface area contributed by atoms with Gasteiger partial charge in [0.25, 0.3) is 16.7 Å². The number of para-hydroxylation sites is 1. The number of piperidine rings is 2. The molecule has 6 aromatic heterocycles. The molecular weight excluding hydrogens is 1250 g/mol. The molecule has 8 aliphatic heterocycles. The maximum atomic E-state index is 13.6. The van der Waals surface area contributed by atoms with E-state index in [1.54, 1.807) is 58.7 Å². The van der Waals surface area contributed by atoms with Gasteiger partial charge in [0.15, 0.2) is 16.8 Å². The molecule has 504 valence electrons. The molecule has 0 aliphatic carbocycles. The molecule has 0 unspecified atom stereocenters. The van der Waals surface area contributed by atoms with Gasteiger partial charge >= 0.3 is 24.0 Å². The van der Waals surface area contributed by atoms with Gasteiger partial charge in [-0.3, -0.25) is 14.4 Å². The summed E-state index contributed by atoms with van der Waals surface area (Å²) in [5.74, 6) is -1.71. The van der Waals surface area contributed by atoms with Crippen molar-refractivity contribution < 1.29 is 53.4 Å². The molecule has 0 bridgehead atoms. The standard InChI is InChI=1S/C33H38N4O6.C21H19N3O4.C20H17N3O4/c1-3-22-23-16-21(43-32(40)36-14-10-20(11-15-36)35-12-6-5-7-13-35)8-9-27(23)34-29-24(22)18-37-28(29)17-26-25(30(37)38)19-42-31(39)33(26,41)4-2;1-2-21(27)15-7-17-18-13(9-24(17)19(25)14(15)10-28-20(21)26)12(8-22)11-5-3-4-6-16(11)23-18;1-2-20(26)13-7-16-17-10(6-11-14(21)4-3-5-15(11)22-17)8-23(16)18(24)12(13)9-27-19(20)25/h8-9,16-17,20,41H,3-7,10-15,18-19H2,1-2H3;3-7,27H,2,8-10,22H2,1H3;3-7,26H,2,8-9,21H2,1H3/t33-;21-;20-/m000/s1. The number of ether oxygens (including phenoxy) is 4. The Morgan fingerprint density at radius 3 is 1.55 bits per heavy atom. The van der Waals surface area contributed by atoms with Crippen molar-refractivity contribution in [2.24, 2.45) is 5.73 Å². The Bertz CT molecular complexity index is 5120. The normalized spacial score (nSPS) is 21.0. The Morgan fingerprint density at radius 2 is 1.02 bits per heavy atom. The molecule has 1 amide bonds. The molecule has 8 aliphatic rings. The predicted octanol–water partition coefficient (Wildman–Crippen LogP) is 7.29. The van der Waals surface area contributed by atoms with Crippen LogP contribution < -0.4 is 32.9 Å². The van der Waals surface area contributed by atoms with Crippen LogP contribution in [0.15, 0.2) is 99.3 Å². The monoisotopic (exact) mass is 1330 g/mol. The van der Waals surface area contributed by atoms with Crippen molar-refractivity contribution in [1.82, 2.24) is 38.5 Å². The molecule has 3 atom stereocenters. The summed E-state index contributed by atoms with van der Waals surface area (Å²) in [5.41, 5.74) is 19.1. The summed E-state index contributed by atoms with van der Waals surface area (Å²) >= 11 is 0. The van der Waals surface area contributed by atoms with Crippen molar-refractivity contribution >= 4 is 62.4 Å². The van der Waals surface area contributed by atoms with E-state index < -0.39 is 34.7 Å². The van der Waals surface area contributed by atoms with E-state index >= 15 is 0 Å². The van der Waals surface area contributed by atoms with E-state index in [9.17, 15) is 48.9 Å². The average molecular weight is 1330 g/mol. The van der Waals surface area contributed by atoms with Gasteiger partial charge in [-0.2, -0.15) is 0 Å². The number of amides is 1. The van der Waals surface area contributed by atoms with Crippen LogP contribution >= 0.6 is 0 Å². The minimum atomic E-state index is -1.86. The molecule has 9 aromatic rings. The van der Waals surface area contributed by atoms with Gasteiger partial charge in [-0.1, -0.05) is 58.4 Å². The van der Waals surface area contributed by atoms with Crippen LogP contribution in [0.4, 0.5) is 10.5 Å². The third-order valence-corrected chi connectivity index (χ3v) is 21.5. The van der Waals surface area contributed by atoms with Crippen LogP contribution in [0.25, 0.3) is 66.9 Å². The fourth-order valence-electron chi connectivity index (χ4n) is 15.8. The Labute approximate surface area is 561 Å². The maximum Gasteiger partial charge on any atom is 0.415 e. The number of aliphatic hydroxyl groups is 3. The minimum Gasteiger partial charge on any atom is -0.458 e. The number of esters is 3. The summed E-state index contributed by atoms with van der Waals surface area (Å²) in [6.07, 6.45) is 6.50. The second kappa shape index (κ2) is 24.2. The number of anilines is 1.